The van der Waals surface area contributed by atoms with Crippen molar-refractivity contribution in [3.63, 3.8) is 0 Å². The highest BCUT2D eigenvalue weighted by atomic mass is 32.1. The first-order chi connectivity index (χ1) is 9.77. The van der Waals surface area contributed by atoms with Crippen LogP contribution in [0, 0.1) is 0 Å². The van der Waals surface area contributed by atoms with Crippen LogP contribution in [0.25, 0.3) is 0 Å². The molecule has 0 aromatic heterocycles. The number of hydrogen-bond donors (Lipinski definition) is 1. The van der Waals surface area contributed by atoms with E-state index in [1.807, 2.05) is 0 Å². The Morgan fingerprint density at radius 1 is 1.15 bits per heavy atom. The van der Waals surface area contributed by atoms with Gasteiger partial charge in [-0.1, -0.05) is 39.5 Å². The van der Waals surface area contributed by atoms with Gasteiger partial charge in [0.25, 0.3) is 0 Å². The summed E-state index contributed by atoms with van der Waals surface area (Å²) in [4.78, 5) is 2.36. The maximum atomic E-state index is 5.64. The van der Waals surface area contributed by atoms with Gasteiger partial charge >= 0.3 is 0 Å². The molecule has 1 unspecified atom stereocenters. The van der Waals surface area contributed by atoms with E-state index in [2.05, 4.69) is 24.1 Å². The predicted octanol–water partition coefficient (Wildman–Crippen LogP) is 3.72. The zero-order valence-corrected chi connectivity index (χ0v) is 14.1. The SMILES string of the molecule is CCCCCN(CCCCC)C(=S)NCC1CCCO1. The van der Waals surface area contributed by atoms with Crippen LogP contribution < -0.4 is 5.32 Å². The lowest BCUT2D eigenvalue weighted by atomic mass is 10.2. The molecule has 0 amide bonds. The molecular weight excluding hydrogens is 268 g/mol. The van der Waals surface area contributed by atoms with E-state index in [0.717, 1.165) is 31.4 Å². The van der Waals surface area contributed by atoms with Gasteiger partial charge < -0.3 is 15.0 Å². The summed E-state index contributed by atoms with van der Waals surface area (Å²) in [5.41, 5.74) is 0. The van der Waals surface area contributed by atoms with Crippen molar-refractivity contribution in [2.45, 2.75) is 71.3 Å². The number of ether oxygens (including phenoxy) is 1. The summed E-state index contributed by atoms with van der Waals surface area (Å²) in [6.07, 6.45) is 10.3. The third-order valence-corrected chi connectivity index (χ3v) is 4.26. The van der Waals surface area contributed by atoms with E-state index in [0.29, 0.717) is 6.10 Å². The Labute approximate surface area is 130 Å². The molecule has 1 rings (SSSR count). The number of hydrogen-bond acceptors (Lipinski definition) is 2. The Morgan fingerprint density at radius 2 is 1.80 bits per heavy atom. The Bertz CT molecular complexity index is 245. The van der Waals surface area contributed by atoms with Crippen molar-refractivity contribution in [1.82, 2.24) is 10.2 Å². The maximum absolute atomic E-state index is 5.64. The fourth-order valence-electron chi connectivity index (χ4n) is 2.54. The molecule has 118 valence electrons. The minimum atomic E-state index is 0.362. The monoisotopic (exact) mass is 300 g/mol. The largest absolute Gasteiger partial charge is 0.376 e. The Hall–Kier alpha value is -0.350. The number of rotatable bonds is 10. The molecule has 1 atom stereocenters. The van der Waals surface area contributed by atoms with Gasteiger partial charge in [0.15, 0.2) is 5.11 Å². The standard InChI is InChI=1S/C16H32N2OS/c1-3-5-7-11-18(12-8-6-4-2)16(20)17-14-15-10-9-13-19-15/h15H,3-14H2,1-2H3,(H,17,20). The average molecular weight is 301 g/mol. The summed E-state index contributed by atoms with van der Waals surface area (Å²) in [5, 5.41) is 4.33. The van der Waals surface area contributed by atoms with E-state index in [4.69, 9.17) is 17.0 Å². The fourth-order valence-corrected chi connectivity index (χ4v) is 2.80. The summed E-state index contributed by atoms with van der Waals surface area (Å²) in [6, 6.07) is 0. The normalized spacial score (nSPS) is 18.2. The summed E-state index contributed by atoms with van der Waals surface area (Å²) in [5.74, 6) is 0. The van der Waals surface area contributed by atoms with Gasteiger partial charge in [-0.05, 0) is 37.9 Å². The van der Waals surface area contributed by atoms with Crippen LogP contribution in [0.2, 0.25) is 0 Å². The van der Waals surface area contributed by atoms with E-state index >= 15 is 0 Å². The highest BCUT2D eigenvalue weighted by Crippen LogP contribution is 2.11. The third kappa shape index (κ3) is 7.44. The van der Waals surface area contributed by atoms with E-state index in [1.165, 1.54) is 51.4 Å². The fraction of sp³-hybridized carbons (Fsp3) is 0.938. The Balaban J connectivity index is 2.27. The molecule has 0 aliphatic carbocycles. The molecule has 1 fully saturated rings. The van der Waals surface area contributed by atoms with Gasteiger partial charge in [0.05, 0.1) is 6.10 Å². The molecule has 20 heavy (non-hydrogen) atoms. The van der Waals surface area contributed by atoms with E-state index in [1.54, 1.807) is 0 Å². The first-order valence-corrected chi connectivity index (χ1v) is 8.83. The minimum Gasteiger partial charge on any atom is -0.376 e. The minimum absolute atomic E-state index is 0.362. The Morgan fingerprint density at radius 3 is 2.30 bits per heavy atom. The molecule has 0 aromatic carbocycles. The zero-order chi connectivity index (χ0) is 14.6. The molecule has 1 heterocycles. The quantitative estimate of drug-likeness (QED) is 0.491. The molecule has 0 aromatic rings. The first kappa shape index (κ1) is 17.7. The molecule has 1 N–H and O–H groups in total. The van der Waals surface area contributed by atoms with Gasteiger partial charge in [0.2, 0.25) is 0 Å². The van der Waals surface area contributed by atoms with Crippen molar-refractivity contribution < 1.29 is 4.74 Å². The predicted molar refractivity (Wildman–Crippen MR) is 90.2 cm³/mol. The van der Waals surface area contributed by atoms with E-state index in [-0.39, 0.29) is 0 Å². The first-order valence-electron chi connectivity index (χ1n) is 8.42. The van der Waals surface area contributed by atoms with Crippen LogP contribution in [-0.4, -0.2) is 42.4 Å². The highest BCUT2D eigenvalue weighted by molar-refractivity contribution is 7.80. The zero-order valence-electron chi connectivity index (χ0n) is 13.3. The van der Waals surface area contributed by atoms with Crippen molar-refractivity contribution >= 4 is 17.3 Å². The molecular formula is C16H32N2OS. The van der Waals surface area contributed by atoms with Gasteiger partial charge in [0.1, 0.15) is 0 Å². The molecule has 0 saturated carbocycles. The highest BCUT2D eigenvalue weighted by Gasteiger charge is 2.16. The molecule has 3 nitrogen and oxygen atoms in total. The third-order valence-electron chi connectivity index (χ3n) is 3.86. The van der Waals surface area contributed by atoms with Crippen LogP contribution >= 0.6 is 12.2 Å². The smallest absolute Gasteiger partial charge is 0.169 e. The lowest BCUT2D eigenvalue weighted by Crippen LogP contribution is -2.43. The Kier molecular flexibility index (Phi) is 10.0. The van der Waals surface area contributed by atoms with Crippen LogP contribution in [0.4, 0.5) is 0 Å². The van der Waals surface area contributed by atoms with Crippen LogP contribution in [-0.2, 0) is 4.74 Å². The second-order valence-corrected chi connectivity index (χ2v) is 6.11. The van der Waals surface area contributed by atoms with Gasteiger partial charge in [-0.15, -0.1) is 0 Å². The van der Waals surface area contributed by atoms with Crippen molar-refractivity contribution in [3.8, 4) is 0 Å². The summed E-state index contributed by atoms with van der Waals surface area (Å²) in [7, 11) is 0. The molecule has 0 radical (unpaired) electrons. The topological polar surface area (TPSA) is 24.5 Å². The van der Waals surface area contributed by atoms with Crippen LogP contribution in [0.1, 0.15) is 65.2 Å². The summed E-state index contributed by atoms with van der Waals surface area (Å²) < 4.78 is 5.64. The number of unbranched alkanes of at least 4 members (excludes halogenated alkanes) is 4. The maximum Gasteiger partial charge on any atom is 0.169 e. The van der Waals surface area contributed by atoms with Gasteiger partial charge in [0, 0.05) is 26.2 Å². The van der Waals surface area contributed by atoms with Crippen molar-refractivity contribution in [3.05, 3.63) is 0 Å². The lowest BCUT2D eigenvalue weighted by molar-refractivity contribution is 0.113. The molecule has 0 spiro atoms. The summed E-state index contributed by atoms with van der Waals surface area (Å²) in [6.45, 7) is 8.46. The van der Waals surface area contributed by atoms with E-state index in [9.17, 15) is 0 Å². The van der Waals surface area contributed by atoms with Crippen molar-refractivity contribution in [2.24, 2.45) is 0 Å². The van der Waals surface area contributed by atoms with Crippen LogP contribution in [0.5, 0.6) is 0 Å². The van der Waals surface area contributed by atoms with Gasteiger partial charge in [-0.25, -0.2) is 0 Å². The number of nitrogens with zero attached hydrogens (tertiary/aromatic N) is 1. The second-order valence-electron chi connectivity index (χ2n) is 5.72. The number of nitrogens with one attached hydrogen (secondary N) is 1. The van der Waals surface area contributed by atoms with Crippen LogP contribution in [0.3, 0.4) is 0 Å². The average Bonchev–Trinajstić information content (AvgIpc) is 2.97. The van der Waals surface area contributed by atoms with Gasteiger partial charge in [-0.2, -0.15) is 0 Å². The lowest BCUT2D eigenvalue weighted by Gasteiger charge is -2.26. The van der Waals surface area contributed by atoms with Crippen LogP contribution in [0.15, 0.2) is 0 Å². The molecule has 0 bridgehead atoms. The van der Waals surface area contributed by atoms with Gasteiger partial charge in [-0.3, -0.25) is 0 Å². The summed E-state index contributed by atoms with van der Waals surface area (Å²) >= 11 is 5.57. The van der Waals surface area contributed by atoms with Crippen molar-refractivity contribution in [1.29, 1.82) is 0 Å². The van der Waals surface area contributed by atoms with E-state index < -0.39 is 0 Å². The molecule has 1 aliphatic heterocycles. The molecule has 4 heteroatoms. The molecule has 1 saturated heterocycles. The molecule has 1 aliphatic rings. The second kappa shape index (κ2) is 11.3. The number of thiocarbonyl (C=S) groups is 1. The van der Waals surface area contributed by atoms with Crippen molar-refractivity contribution in [2.75, 3.05) is 26.2 Å².